The zero-order valence-corrected chi connectivity index (χ0v) is 10.6. The minimum absolute atomic E-state index is 0.0581. The molecule has 0 heterocycles. The Balaban J connectivity index is 3.92. The van der Waals surface area contributed by atoms with Gasteiger partial charge in [-0.05, 0) is 13.8 Å². The molecular weight excluding hydrogens is 240 g/mol. The van der Waals surface area contributed by atoms with Crippen LogP contribution in [-0.2, 0) is 14.8 Å². The highest BCUT2D eigenvalue weighted by atomic mass is 35.5. The number of rotatable bonds is 7. The van der Waals surface area contributed by atoms with Gasteiger partial charge in [-0.2, -0.15) is 0 Å². The Labute approximate surface area is 95.8 Å². The van der Waals surface area contributed by atoms with Crippen LogP contribution < -0.4 is 4.72 Å². The molecule has 0 aliphatic carbocycles. The first-order valence-corrected chi connectivity index (χ1v) is 6.96. The van der Waals surface area contributed by atoms with Crippen molar-refractivity contribution in [3.05, 3.63) is 0 Å². The third-order valence-electron chi connectivity index (χ3n) is 1.92. The van der Waals surface area contributed by atoms with Gasteiger partial charge >= 0.3 is 0 Å². The lowest BCUT2D eigenvalue weighted by Gasteiger charge is -2.18. The molecule has 0 aliphatic rings. The van der Waals surface area contributed by atoms with Gasteiger partial charge in [0.1, 0.15) is 5.21 Å². The summed E-state index contributed by atoms with van der Waals surface area (Å²) in [6, 6.07) is 0. The van der Waals surface area contributed by atoms with Gasteiger partial charge in [-0.25, -0.2) is 13.1 Å². The van der Waals surface area contributed by atoms with Gasteiger partial charge in [0.15, 0.2) is 0 Å². The van der Waals surface area contributed by atoms with Crippen molar-refractivity contribution in [2.75, 3.05) is 24.8 Å². The second-order valence-electron chi connectivity index (χ2n) is 2.93. The van der Waals surface area contributed by atoms with Crippen molar-refractivity contribution in [1.82, 2.24) is 9.62 Å². The summed E-state index contributed by atoms with van der Waals surface area (Å²) in [6.45, 7) is 5.13. The predicted molar refractivity (Wildman–Crippen MR) is 60.2 cm³/mol. The molecule has 0 spiro atoms. The summed E-state index contributed by atoms with van der Waals surface area (Å²) in [5.74, 6) is -0.0581. The molecule has 0 unspecified atom stereocenters. The predicted octanol–water partition coefficient (Wildman–Crippen LogP) is 0.361. The van der Waals surface area contributed by atoms with E-state index in [1.807, 2.05) is 13.8 Å². The van der Waals surface area contributed by atoms with E-state index in [0.717, 1.165) is 0 Å². The molecule has 0 aromatic heterocycles. The van der Waals surface area contributed by atoms with Gasteiger partial charge < -0.3 is 4.90 Å². The Kier molecular flexibility index (Phi) is 6.87. The van der Waals surface area contributed by atoms with E-state index in [2.05, 4.69) is 4.72 Å². The topological polar surface area (TPSA) is 66.5 Å². The lowest BCUT2D eigenvalue weighted by atomic mass is 10.3. The first kappa shape index (κ1) is 14.7. The van der Waals surface area contributed by atoms with Gasteiger partial charge in [0.2, 0.25) is 15.9 Å². The van der Waals surface area contributed by atoms with Gasteiger partial charge in [-0.3, -0.25) is 4.79 Å². The van der Waals surface area contributed by atoms with Crippen LogP contribution in [-0.4, -0.2) is 44.1 Å². The molecule has 1 amide bonds. The largest absolute Gasteiger partial charge is 0.343 e. The fourth-order valence-corrected chi connectivity index (χ4v) is 1.81. The van der Waals surface area contributed by atoms with E-state index in [1.54, 1.807) is 4.90 Å². The molecule has 90 valence electrons. The van der Waals surface area contributed by atoms with Crippen molar-refractivity contribution in [1.29, 1.82) is 0 Å². The molecule has 0 radical (unpaired) electrons. The molecular formula is C8H17ClN2O3S. The van der Waals surface area contributed by atoms with E-state index >= 15 is 0 Å². The zero-order valence-electron chi connectivity index (χ0n) is 8.99. The number of nitrogens with zero attached hydrogens (tertiary/aromatic N) is 1. The van der Waals surface area contributed by atoms with Crippen molar-refractivity contribution in [2.24, 2.45) is 0 Å². The number of sulfonamides is 1. The summed E-state index contributed by atoms with van der Waals surface area (Å²) in [6.07, 6.45) is 0.164. The second-order valence-corrected chi connectivity index (χ2v) is 5.33. The minimum atomic E-state index is -3.41. The molecule has 5 nitrogen and oxygen atoms in total. The van der Waals surface area contributed by atoms with E-state index < -0.39 is 15.2 Å². The van der Waals surface area contributed by atoms with E-state index in [1.165, 1.54) is 0 Å². The van der Waals surface area contributed by atoms with Gasteiger partial charge in [0, 0.05) is 26.1 Å². The third kappa shape index (κ3) is 5.96. The number of halogens is 1. The molecule has 0 aromatic carbocycles. The van der Waals surface area contributed by atoms with Crippen molar-refractivity contribution >= 4 is 27.5 Å². The quantitative estimate of drug-likeness (QED) is 0.669. The SMILES string of the molecule is CCN(CC)C(=O)CCNS(=O)(=O)CCl. The molecule has 0 bridgehead atoms. The number of hydrogen-bond donors (Lipinski definition) is 1. The minimum Gasteiger partial charge on any atom is -0.343 e. The Morgan fingerprint density at radius 2 is 1.87 bits per heavy atom. The lowest BCUT2D eigenvalue weighted by Crippen LogP contribution is -2.34. The maximum absolute atomic E-state index is 11.4. The van der Waals surface area contributed by atoms with Crippen LogP contribution in [0.4, 0.5) is 0 Å². The van der Waals surface area contributed by atoms with E-state index in [9.17, 15) is 13.2 Å². The summed E-state index contributed by atoms with van der Waals surface area (Å²) in [5.41, 5.74) is 0. The second kappa shape index (κ2) is 7.03. The Morgan fingerprint density at radius 3 is 2.27 bits per heavy atom. The van der Waals surface area contributed by atoms with Crippen LogP contribution in [0.1, 0.15) is 20.3 Å². The van der Waals surface area contributed by atoms with Crippen molar-refractivity contribution in [2.45, 2.75) is 20.3 Å². The molecule has 15 heavy (non-hydrogen) atoms. The number of alkyl halides is 1. The van der Waals surface area contributed by atoms with Crippen LogP contribution in [0.3, 0.4) is 0 Å². The van der Waals surface area contributed by atoms with Crippen molar-refractivity contribution in [3.8, 4) is 0 Å². The summed E-state index contributed by atoms with van der Waals surface area (Å²) in [7, 11) is -3.41. The highest BCUT2D eigenvalue weighted by Gasteiger charge is 2.11. The Hall–Kier alpha value is -0.330. The number of carbonyl (C=O) groups is 1. The van der Waals surface area contributed by atoms with Gasteiger partial charge in [-0.1, -0.05) is 0 Å². The summed E-state index contributed by atoms with van der Waals surface area (Å²) in [4.78, 5) is 13.1. The van der Waals surface area contributed by atoms with Gasteiger partial charge in [-0.15, -0.1) is 11.6 Å². The summed E-state index contributed by atoms with van der Waals surface area (Å²) < 4.78 is 24.1. The zero-order chi connectivity index (χ0) is 11.9. The molecule has 1 N–H and O–H groups in total. The normalized spacial score (nSPS) is 11.4. The fraction of sp³-hybridized carbons (Fsp3) is 0.875. The average molecular weight is 257 g/mol. The first-order chi connectivity index (χ1) is 6.96. The van der Waals surface area contributed by atoms with Crippen LogP contribution in [0.2, 0.25) is 0 Å². The molecule has 0 fully saturated rings. The van der Waals surface area contributed by atoms with E-state index in [4.69, 9.17) is 11.6 Å². The molecule has 0 aromatic rings. The van der Waals surface area contributed by atoms with E-state index in [-0.39, 0.29) is 18.9 Å². The monoisotopic (exact) mass is 256 g/mol. The smallest absolute Gasteiger partial charge is 0.225 e. The van der Waals surface area contributed by atoms with Crippen molar-refractivity contribution in [3.63, 3.8) is 0 Å². The highest BCUT2D eigenvalue weighted by Crippen LogP contribution is 1.94. The van der Waals surface area contributed by atoms with Crippen molar-refractivity contribution < 1.29 is 13.2 Å². The molecule has 0 aliphatic heterocycles. The van der Waals surface area contributed by atoms with Crippen LogP contribution in [0.25, 0.3) is 0 Å². The summed E-state index contributed by atoms with van der Waals surface area (Å²) >= 11 is 5.18. The maximum atomic E-state index is 11.4. The molecule has 7 heteroatoms. The number of nitrogens with one attached hydrogen (secondary N) is 1. The van der Waals surface area contributed by atoms with Gasteiger partial charge in [0.05, 0.1) is 0 Å². The van der Waals surface area contributed by atoms with E-state index in [0.29, 0.717) is 13.1 Å². The Bertz CT molecular complexity index is 288. The summed E-state index contributed by atoms with van der Waals surface area (Å²) in [5, 5.41) is -0.480. The number of hydrogen-bond acceptors (Lipinski definition) is 3. The first-order valence-electron chi connectivity index (χ1n) is 4.77. The fourth-order valence-electron chi connectivity index (χ4n) is 1.09. The average Bonchev–Trinajstić information content (AvgIpc) is 2.19. The molecule has 0 atom stereocenters. The number of amides is 1. The van der Waals surface area contributed by atoms with Crippen LogP contribution in [0.5, 0.6) is 0 Å². The Morgan fingerprint density at radius 1 is 1.33 bits per heavy atom. The van der Waals surface area contributed by atoms with Crippen LogP contribution >= 0.6 is 11.6 Å². The highest BCUT2D eigenvalue weighted by molar-refractivity contribution is 7.90. The molecule has 0 saturated carbocycles. The molecule has 0 rings (SSSR count). The lowest BCUT2D eigenvalue weighted by molar-refractivity contribution is -0.130. The van der Waals surface area contributed by atoms with Crippen LogP contribution in [0, 0.1) is 0 Å². The number of carbonyl (C=O) groups excluding carboxylic acids is 1. The van der Waals surface area contributed by atoms with Gasteiger partial charge in [0.25, 0.3) is 0 Å². The maximum Gasteiger partial charge on any atom is 0.225 e. The van der Waals surface area contributed by atoms with Crippen LogP contribution in [0.15, 0.2) is 0 Å². The third-order valence-corrected chi connectivity index (χ3v) is 3.71. The molecule has 0 saturated heterocycles. The standard InChI is InChI=1S/C8H17ClN2O3S/c1-3-11(4-2)8(12)5-6-10-15(13,14)7-9/h10H,3-7H2,1-2H3.